The van der Waals surface area contributed by atoms with Crippen LogP contribution in [-0.4, -0.2) is 22.7 Å². The number of hydrogen-bond donors (Lipinski definition) is 0. The lowest BCUT2D eigenvalue weighted by Gasteiger charge is -2.12. The van der Waals surface area contributed by atoms with Gasteiger partial charge in [-0.1, -0.05) is 12.5 Å². The molecule has 2 aliphatic heterocycles. The highest BCUT2D eigenvalue weighted by atomic mass is 16.2. The van der Waals surface area contributed by atoms with E-state index >= 15 is 0 Å². The lowest BCUT2D eigenvalue weighted by molar-refractivity contribution is -0.444. The summed E-state index contributed by atoms with van der Waals surface area (Å²) in [5.74, 6) is 0.747. The van der Waals surface area contributed by atoms with E-state index in [4.69, 9.17) is 0 Å². The molecular weight excluding hydrogens is 162 g/mol. The molecule has 0 aromatic heterocycles. The number of hydrogen-bond acceptors (Lipinski definition) is 1. The van der Waals surface area contributed by atoms with Crippen LogP contribution in [0.2, 0.25) is 0 Å². The summed E-state index contributed by atoms with van der Waals surface area (Å²) in [5, 5.41) is 0. The van der Waals surface area contributed by atoms with E-state index in [1.54, 1.807) is 0 Å². The Morgan fingerprint density at radius 1 is 1.38 bits per heavy atom. The molecule has 1 amide bonds. The number of amides is 1. The first-order valence-electron chi connectivity index (χ1n) is 4.95. The summed E-state index contributed by atoms with van der Waals surface area (Å²) in [7, 11) is 0. The summed E-state index contributed by atoms with van der Waals surface area (Å²) in [6.07, 6.45) is 1.76. The van der Waals surface area contributed by atoms with Crippen molar-refractivity contribution in [3.05, 3.63) is 11.1 Å². The van der Waals surface area contributed by atoms with Gasteiger partial charge in [-0.3, -0.25) is 0 Å². The van der Waals surface area contributed by atoms with Gasteiger partial charge in [0.2, 0.25) is 0 Å². The van der Waals surface area contributed by atoms with Crippen LogP contribution in [0.1, 0.15) is 33.6 Å². The van der Waals surface area contributed by atoms with Gasteiger partial charge in [0.05, 0.1) is 12.3 Å². The molecule has 0 saturated heterocycles. The Kier molecular flexibility index (Phi) is 1.86. The van der Waals surface area contributed by atoms with E-state index in [1.807, 2.05) is 4.58 Å². The molecule has 0 N–H and O–H groups in total. The average molecular weight is 178 g/mol. The third-order valence-corrected chi connectivity index (χ3v) is 3.27. The first-order valence-corrected chi connectivity index (χ1v) is 4.95. The monoisotopic (exact) mass is 178 g/mol. The molecule has 2 nitrogen and oxygen atoms in total. The Hall–Kier alpha value is -0.920. The van der Waals surface area contributed by atoms with Gasteiger partial charge in [-0.05, 0) is 13.8 Å². The van der Waals surface area contributed by atoms with Crippen LogP contribution in [0.15, 0.2) is 11.1 Å². The molecule has 0 bridgehead atoms. The number of carbonyl (C=O) groups is 1. The van der Waals surface area contributed by atoms with Crippen LogP contribution in [0.5, 0.6) is 0 Å². The highest BCUT2D eigenvalue weighted by Gasteiger charge is 2.40. The minimum absolute atomic E-state index is 0.314. The highest BCUT2D eigenvalue weighted by molar-refractivity contribution is 6.05. The summed E-state index contributed by atoms with van der Waals surface area (Å²) in [6.45, 7) is 7.37. The standard InChI is InChI=1S/C11H16NO/c1-7-4-5-12-10(13)6-8(2)11(12)9(7)3/h8H,4-6H2,1-3H3/q+1. The van der Waals surface area contributed by atoms with E-state index in [1.165, 1.54) is 16.9 Å². The largest absolute Gasteiger partial charge is 0.387 e. The fourth-order valence-electron chi connectivity index (χ4n) is 2.37. The molecule has 0 spiro atoms. The molecule has 0 aromatic rings. The van der Waals surface area contributed by atoms with Crippen molar-refractivity contribution in [2.45, 2.75) is 33.6 Å². The van der Waals surface area contributed by atoms with Crippen molar-refractivity contribution >= 4 is 11.6 Å². The zero-order valence-corrected chi connectivity index (χ0v) is 8.55. The Balaban J connectivity index is 2.51. The maximum Gasteiger partial charge on any atom is 0.387 e. The zero-order chi connectivity index (χ0) is 9.59. The minimum atomic E-state index is 0.314. The summed E-state index contributed by atoms with van der Waals surface area (Å²) in [6, 6.07) is 0. The first kappa shape index (κ1) is 8.67. The molecule has 13 heavy (non-hydrogen) atoms. The van der Waals surface area contributed by atoms with Gasteiger partial charge < -0.3 is 0 Å². The van der Waals surface area contributed by atoms with Gasteiger partial charge in [0, 0.05) is 12.0 Å². The SMILES string of the molecule is CC1=C(C)C2=[N+](CC1)C(=O)CC2C. The van der Waals surface area contributed by atoms with E-state index in [0.717, 1.165) is 13.0 Å². The van der Waals surface area contributed by atoms with Gasteiger partial charge in [0.25, 0.3) is 0 Å². The lowest BCUT2D eigenvalue weighted by atomic mass is 9.93. The van der Waals surface area contributed by atoms with Gasteiger partial charge in [-0.25, -0.2) is 4.79 Å². The van der Waals surface area contributed by atoms with Gasteiger partial charge in [-0.2, -0.15) is 4.58 Å². The van der Waals surface area contributed by atoms with Crippen LogP contribution in [0.25, 0.3) is 0 Å². The molecule has 2 aliphatic rings. The van der Waals surface area contributed by atoms with Crippen LogP contribution in [0.4, 0.5) is 0 Å². The second kappa shape index (κ2) is 2.79. The van der Waals surface area contributed by atoms with Crippen LogP contribution in [0, 0.1) is 5.92 Å². The van der Waals surface area contributed by atoms with Crippen molar-refractivity contribution in [1.82, 2.24) is 0 Å². The first-order chi connectivity index (χ1) is 6.11. The van der Waals surface area contributed by atoms with E-state index in [0.29, 0.717) is 18.2 Å². The van der Waals surface area contributed by atoms with Crippen LogP contribution in [-0.2, 0) is 4.79 Å². The quantitative estimate of drug-likeness (QED) is 0.517. The highest BCUT2D eigenvalue weighted by Crippen LogP contribution is 2.26. The molecule has 2 heterocycles. The van der Waals surface area contributed by atoms with E-state index in [2.05, 4.69) is 20.8 Å². The van der Waals surface area contributed by atoms with Crippen molar-refractivity contribution < 1.29 is 9.37 Å². The molecule has 0 fully saturated rings. The Bertz CT molecular complexity index is 336. The maximum atomic E-state index is 11.6. The third-order valence-electron chi connectivity index (χ3n) is 3.27. The molecule has 1 unspecified atom stereocenters. The summed E-state index contributed by atoms with van der Waals surface area (Å²) in [5.41, 5.74) is 4.09. The minimum Gasteiger partial charge on any atom is -0.220 e. The molecular formula is C11H16NO+. The van der Waals surface area contributed by atoms with Crippen molar-refractivity contribution in [3.8, 4) is 0 Å². The van der Waals surface area contributed by atoms with Crippen LogP contribution < -0.4 is 0 Å². The van der Waals surface area contributed by atoms with Gasteiger partial charge in [0.1, 0.15) is 0 Å². The molecule has 70 valence electrons. The summed E-state index contributed by atoms with van der Waals surface area (Å²) in [4.78, 5) is 11.6. The smallest absolute Gasteiger partial charge is 0.220 e. The number of carbonyl (C=O) groups excluding carboxylic acids is 1. The predicted molar refractivity (Wildman–Crippen MR) is 51.9 cm³/mol. The fourth-order valence-corrected chi connectivity index (χ4v) is 2.37. The average Bonchev–Trinajstić information content (AvgIpc) is 2.35. The van der Waals surface area contributed by atoms with Crippen molar-refractivity contribution in [1.29, 1.82) is 0 Å². The molecule has 1 atom stereocenters. The van der Waals surface area contributed by atoms with Crippen molar-refractivity contribution in [2.75, 3.05) is 6.54 Å². The van der Waals surface area contributed by atoms with Crippen LogP contribution in [0.3, 0.4) is 0 Å². The summed E-state index contributed by atoms with van der Waals surface area (Å²) < 4.78 is 1.98. The van der Waals surface area contributed by atoms with Crippen molar-refractivity contribution in [2.24, 2.45) is 5.92 Å². The van der Waals surface area contributed by atoms with Crippen molar-refractivity contribution in [3.63, 3.8) is 0 Å². The normalized spacial score (nSPS) is 28.5. The van der Waals surface area contributed by atoms with E-state index in [9.17, 15) is 4.79 Å². The van der Waals surface area contributed by atoms with Gasteiger partial charge in [-0.15, -0.1) is 0 Å². The third kappa shape index (κ3) is 1.16. The topological polar surface area (TPSA) is 20.1 Å². The molecule has 0 aromatic carbocycles. The van der Waals surface area contributed by atoms with Gasteiger partial charge in [0.15, 0.2) is 12.3 Å². The second-order valence-corrected chi connectivity index (χ2v) is 4.19. The zero-order valence-electron chi connectivity index (χ0n) is 8.55. The Morgan fingerprint density at radius 2 is 2.08 bits per heavy atom. The number of allylic oxidation sites excluding steroid dienone is 1. The van der Waals surface area contributed by atoms with Crippen LogP contribution >= 0.6 is 0 Å². The molecule has 2 rings (SSSR count). The molecule has 0 aliphatic carbocycles. The predicted octanol–water partition coefficient (Wildman–Crippen LogP) is 1.75. The molecule has 0 radical (unpaired) electrons. The summed E-state index contributed by atoms with van der Waals surface area (Å²) >= 11 is 0. The molecule has 0 saturated carbocycles. The number of nitrogens with zero attached hydrogens (tertiary/aromatic N) is 1. The Labute approximate surface area is 79.0 Å². The van der Waals surface area contributed by atoms with E-state index < -0.39 is 0 Å². The van der Waals surface area contributed by atoms with Gasteiger partial charge >= 0.3 is 5.91 Å². The lowest BCUT2D eigenvalue weighted by Crippen LogP contribution is -2.27. The number of rotatable bonds is 0. The Morgan fingerprint density at radius 3 is 2.77 bits per heavy atom. The van der Waals surface area contributed by atoms with E-state index in [-0.39, 0.29) is 0 Å². The maximum absolute atomic E-state index is 11.6. The fraction of sp³-hybridized carbons (Fsp3) is 0.636. The second-order valence-electron chi connectivity index (χ2n) is 4.19. The molecule has 2 heteroatoms.